The molecule has 2 unspecified atom stereocenters. The number of nitrogens with two attached hydrogens (primary N) is 1. The summed E-state index contributed by atoms with van der Waals surface area (Å²) >= 11 is 0. The van der Waals surface area contributed by atoms with Crippen molar-refractivity contribution in [3.63, 3.8) is 0 Å². The zero-order valence-corrected chi connectivity index (χ0v) is 12.6. The lowest BCUT2D eigenvalue weighted by molar-refractivity contribution is 0.212. The summed E-state index contributed by atoms with van der Waals surface area (Å²) in [5, 5.41) is 0. The Bertz CT molecular complexity index is 549. The first-order valence-electron chi connectivity index (χ1n) is 6.69. The summed E-state index contributed by atoms with van der Waals surface area (Å²) in [4.78, 5) is 0.275. The van der Waals surface area contributed by atoms with Gasteiger partial charge in [-0.3, -0.25) is 0 Å². The van der Waals surface area contributed by atoms with Crippen LogP contribution in [0.3, 0.4) is 0 Å². The van der Waals surface area contributed by atoms with Gasteiger partial charge in [0.25, 0.3) is 0 Å². The van der Waals surface area contributed by atoms with E-state index in [1.165, 1.54) is 0 Å². The van der Waals surface area contributed by atoms with Crippen LogP contribution in [0.15, 0.2) is 23.1 Å². The second-order valence-electron chi connectivity index (χ2n) is 5.60. The average Bonchev–Trinajstić information content (AvgIpc) is 2.32. The molecule has 1 aliphatic rings. The first-order chi connectivity index (χ1) is 8.84. The van der Waals surface area contributed by atoms with Crippen LogP contribution in [0.1, 0.15) is 25.8 Å². The molecule has 1 aromatic carbocycles. The van der Waals surface area contributed by atoms with E-state index in [4.69, 9.17) is 5.73 Å². The monoisotopic (exact) mass is 282 g/mol. The van der Waals surface area contributed by atoms with Gasteiger partial charge in [0.1, 0.15) is 4.90 Å². The fraction of sp³-hybridized carbons (Fsp3) is 0.571. The maximum absolute atomic E-state index is 12.7. The molecular formula is C14H22N2O2S. The maximum atomic E-state index is 12.7. The Labute approximate surface area is 115 Å². The van der Waals surface area contributed by atoms with Crippen molar-refractivity contribution in [1.82, 2.24) is 4.31 Å². The molecule has 0 amide bonds. The van der Waals surface area contributed by atoms with Gasteiger partial charge < -0.3 is 5.73 Å². The van der Waals surface area contributed by atoms with E-state index >= 15 is 0 Å². The Morgan fingerprint density at radius 2 is 1.95 bits per heavy atom. The minimum atomic E-state index is -3.47. The van der Waals surface area contributed by atoms with E-state index in [0.717, 1.165) is 6.42 Å². The number of nitrogen functional groups attached to an aromatic ring is 1. The molecule has 0 saturated carbocycles. The molecule has 1 aliphatic heterocycles. The summed E-state index contributed by atoms with van der Waals surface area (Å²) in [7, 11) is -3.47. The molecule has 1 heterocycles. The number of hydrogen-bond donors (Lipinski definition) is 1. The summed E-state index contributed by atoms with van der Waals surface area (Å²) < 4.78 is 27.0. The molecule has 2 atom stereocenters. The van der Waals surface area contributed by atoms with Crippen LogP contribution in [0.5, 0.6) is 0 Å². The number of rotatable bonds is 2. The van der Waals surface area contributed by atoms with Crippen molar-refractivity contribution in [1.29, 1.82) is 0 Å². The minimum Gasteiger partial charge on any atom is -0.398 e. The third kappa shape index (κ3) is 2.62. The smallest absolute Gasteiger partial charge is 0.245 e. The Balaban J connectivity index is 2.38. The van der Waals surface area contributed by atoms with E-state index < -0.39 is 10.0 Å². The van der Waals surface area contributed by atoms with Crippen LogP contribution in [-0.2, 0) is 10.0 Å². The SMILES string of the molecule is Cc1cccc(N)c1S(=O)(=O)N1CCC(C)C(C)C1. The van der Waals surface area contributed by atoms with Crippen molar-refractivity contribution < 1.29 is 8.42 Å². The predicted molar refractivity (Wildman–Crippen MR) is 77.3 cm³/mol. The fourth-order valence-corrected chi connectivity index (χ4v) is 4.48. The molecule has 1 aromatic rings. The number of nitrogens with zero attached hydrogens (tertiary/aromatic N) is 1. The second kappa shape index (κ2) is 5.13. The zero-order chi connectivity index (χ0) is 14.2. The first kappa shape index (κ1) is 14.3. The fourth-order valence-electron chi connectivity index (χ4n) is 2.60. The van der Waals surface area contributed by atoms with E-state index in [0.29, 0.717) is 36.2 Å². The highest BCUT2D eigenvalue weighted by Crippen LogP contribution is 2.31. The Morgan fingerprint density at radius 3 is 2.53 bits per heavy atom. The average molecular weight is 282 g/mol. The van der Waals surface area contributed by atoms with Gasteiger partial charge in [-0.2, -0.15) is 4.31 Å². The molecule has 0 bridgehead atoms. The Morgan fingerprint density at radius 1 is 1.26 bits per heavy atom. The molecule has 1 fully saturated rings. The summed E-state index contributed by atoms with van der Waals surface area (Å²) in [6, 6.07) is 5.22. The van der Waals surface area contributed by atoms with Crippen LogP contribution in [0, 0.1) is 18.8 Å². The number of sulfonamides is 1. The molecule has 2 rings (SSSR count). The van der Waals surface area contributed by atoms with Crippen LogP contribution in [0.25, 0.3) is 0 Å². The second-order valence-corrected chi connectivity index (χ2v) is 7.47. The molecule has 0 radical (unpaired) electrons. The molecule has 5 heteroatoms. The highest BCUT2D eigenvalue weighted by molar-refractivity contribution is 7.89. The van der Waals surface area contributed by atoms with Crippen LogP contribution < -0.4 is 5.73 Å². The van der Waals surface area contributed by atoms with Crippen LogP contribution in [0.4, 0.5) is 5.69 Å². The summed E-state index contributed by atoms with van der Waals surface area (Å²) in [5.74, 6) is 0.953. The zero-order valence-electron chi connectivity index (χ0n) is 11.8. The molecule has 19 heavy (non-hydrogen) atoms. The van der Waals surface area contributed by atoms with E-state index in [2.05, 4.69) is 13.8 Å². The van der Waals surface area contributed by atoms with Crippen LogP contribution in [-0.4, -0.2) is 25.8 Å². The van der Waals surface area contributed by atoms with Gasteiger partial charge in [-0.1, -0.05) is 26.0 Å². The van der Waals surface area contributed by atoms with Crippen molar-refractivity contribution in [2.75, 3.05) is 18.8 Å². The molecule has 2 N–H and O–H groups in total. The van der Waals surface area contributed by atoms with Gasteiger partial charge in [0.15, 0.2) is 0 Å². The van der Waals surface area contributed by atoms with Gasteiger partial charge in [-0.25, -0.2) is 8.42 Å². The van der Waals surface area contributed by atoms with Crippen molar-refractivity contribution in [3.8, 4) is 0 Å². The molecule has 0 aromatic heterocycles. The first-order valence-corrected chi connectivity index (χ1v) is 8.13. The van der Waals surface area contributed by atoms with Crippen LogP contribution in [0.2, 0.25) is 0 Å². The predicted octanol–water partition coefficient (Wildman–Crippen LogP) is 2.24. The van der Waals surface area contributed by atoms with Gasteiger partial charge in [0, 0.05) is 13.1 Å². The molecule has 4 nitrogen and oxygen atoms in total. The van der Waals surface area contributed by atoms with Gasteiger partial charge in [0.2, 0.25) is 10.0 Å². The lowest BCUT2D eigenvalue weighted by atomic mass is 9.90. The van der Waals surface area contributed by atoms with Crippen LogP contribution >= 0.6 is 0 Å². The molecule has 0 spiro atoms. The van der Waals surface area contributed by atoms with E-state index in [1.54, 1.807) is 29.4 Å². The molecule has 0 aliphatic carbocycles. The highest BCUT2D eigenvalue weighted by atomic mass is 32.2. The topological polar surface area (TPSA) is 63.4 Å². The van der Waals surface area contributed by atoms with Gasteiger partial charge in [0.05, 0.1) is 5.69 Å². The number of anilines is 1. The number of piperidine rings is 1. The normalized spacial score (nSPS) is 25.4. The summed E-state index contributed by atoms with van der Waals surface area (Å²) in [6.07, 6.45) is 0.909. The van der Waals surface area contributed by atoms with Crippen molar-refractivity contribution >= 4 is 15.7 Å². The summed E-state index contributed by atoms with van der Waals surface area (Å²) in [6.45, 7) is 7.24. The maximum Gasteiger partial charge on any atom is 0.245 e. The van der Waals surface area contributed by atoms with Gasteiger partial charge >= 0.3 is 0 Å². The summed E-state index contributed by atoms with van der Waals surface area (Å²) in [5.41, 5.74) is 6.92. The molecule has 1 saturated heterocycles. The van der Waals surface area contributed by atoms with Crippen molar-refractivity contribution in [3.05, 3.63) is 23.8 Å². The van der Waals surface area contributed by atoms with E-state index in [-0.39, 0.29) is 4.90 Å². The quantitative estimate of drug-likeness (QED) is 0.846. The lowest BCUT2D eigenvalue weighted by Gasteiger charge is -2.34. The van der Waals surface area contributed by atoms with E-state index in [1.807, 2.05) is 0 Å². The Hall–Kier alpha value is -1.07. The van der Waals surface area contributed by atoms with Gasteiger partial charge in [-0.15, -0.1) is 0 Å². The number of benzene rings is 1. The highest BCUT2D eigenvalue weighted by Gasteiger charge is 2.33. The number of aryl methyl sites for hydroxylation is 1. The lowest BCUT2D eigenvalue weighted by Crippen LogP contribution is -2.42. The van der Waals surface area contributed by atoms with Crippen molar-refractivity contribution in [2.45, 2.75) is 32.1 Å². The largest absolute Gasteiger partial charge is 0.398 e. The molecular weight excluding hydrogens is 260 g/mol. The standard InChI is InChI=1S/C14H22N2O2S/c1-10-7-8-16(9-12(10)3)19(17,18)14-11(2)5-4-6-13(14)15/h4-6,10,12H,7-9,15H2,1-3H3. The van der Waals surface area contributed by atoms with Crippen molar-refractivity contribution in [2.24, 2.45) is 11.8 Å². The molecule has 106 valence electrons. The Kier molecular flexibility index (Phi) is 3.87. The number of hydrogen-bond acceptors (Lipinski definition) is 3. The minimum absolute atomic E-state index is 0.275. The van der Waals surface area contributed by atoms with Gasteiger partial charge in [-0.05, 0) is 36.8 Å². The third-order valence-electron chi connectivity index (χ3n) is 4.14. The van der Waals surface area contributed by atoms with E-state index in [9.17, 15) is 8.42 Å². The third-order valence-corrected chi connectivity index (χ3v) is 6.22.